The Bertz CT molecular complexity index is 1050. The van der Waals surface area contributed by atoms with Gasteiger partial charge in [-0.05, 0) is 36.6 Å². The Morgan fingerprint density at radius 2 is 1.72 bits per heavy atom. The highest BCUT2D eigenvalue weighted by atomic mass is 19.1. The van der Waals surface area contributed by atoms with Crippen LogP contribution in [0.15, 0.2) is 54.7 Å². The van der Waals surface area contributed by atoms with E-state index in [1.807, 2.05) is 55.1 Å². The molecule has 0 unspecified atom stereocenters. The van der Waals surface area contributed by atoms with Gasteiger partial charge in [-0.25, -0.2) is 4.39 Å². The summed E-state index contributed by atoms with van der Waals surface area (Å²) < 4.78 is 21.0. The normalized spacial score (nSPS) is 16.8. The molecule has 1 amide bonds. The molecule has 0 bridgehead atoms. The van der Waals surface area contributed by atoms with Crippen LogP contribution in [0.5, 0.6) is 5.75 Å². The summed E-state index contributed by atoms with van der Waals surface area (Å²) in [5.74, 6) is 1.07. The number of amides is 1. The zero-order valence-corrected chi connectivity index (χ0v) is 18.9. The zero-order valence-electron chi connectivity index (χ0n) is 18.9. The van der Waals surface area contributed by atoms with E-state index in [1.165, 1.54) is 6.42 Å². The molecule has 32 heavy (non-hydrogen) atoms. The Labute approximate surface area is 189 Å². The summed E-state index contributed by atoms with van der Waals surface area (Å²) in [6.45, 7) is 5.54. The Kier molecular flexibility index (Phi) is 7.03. The van der Waals surface area contributed by atoms with E-state index in [2.05, 4.69) is 4.98 Å². The van der Waals surface area contributed by atoms with Crippen LogP contribution in [-0.4, -0.2) is 35.0 Å². The monoisotopic (exact) mass is 434 g/mol. The second-order valence-corrected chi connectivity index (χ2v) is 8.30. The van der Waals surface area contributed by atoms with Crippen molar-refractivity contribution in [1.82, 2.24) is 9.88 Å². The number of piperidine rings is 1. The lowest BCUT2D eigenvalue weighted by molar-refractivity contribution is -0.140. The third-order valence-electron chi connectivity index (χ3n) is 6.39. The molecule has 0 radical (unpaired) electrons. The van der Waals surface area contributed by atoms with Crippen LogP contribution in [0, 0.1) is 11.7 Å². The topological polar surface area (TPSA) is 42.4 Å². The van der Waals surface area contributed by atoms with Gasteiger partial charge in [0.1, 0.15) is 17.4 Å². The highest BCUT2D eigenvalue weighted by molar-refractivity contribution is 5.85. The van der Waals surface area contributed by atoms with E-state index in [0.29, 0.717) is 17.0 Å². The number of halogens is 1. The van der Waals surface area contributed by atoms with Gasteiger partial charge in [0.05, 0.1) is 0 Å². The number of aromatic nitrogens is 1. The molecule has 1 aromatic heterocycles. The molecule has 1 aliphatic carbocycles. The number of nitrogens with zero attached hydrogens (tertiary/aromatic N) is 2. The van der Waals surface area contributed by atoms with Gasteiger partial charge in [0.2, 0.25) is 5.91 Å². The van der Waals surface area contributed by atoms with Crippen molar-refractivity contribution in [3.63, 3.8) is 0 Å². The van der Waals surface area contributed by atoms with Crippen LogP contribution in [-0.2, 0) is 4.79 Å². The van der Waals surface area contributed by atoms with E-state index in [9.17, 15) is 9.18 Å². The van der Waals surface area contributed by atoms with Gasteiger partial charge in [-0.2, -0.15) is 0 Å². The van der Waals surface area contributed by atoms with E-state index in [0.717, 1.165) is 55.5 Å². The average molecular weight is 435 g/mol. The molecular formula is C27H31FN2O2. The fourth-order valence-electron chi connectivity index (χ4n) is 4.35. The van der Waals surface area contributed by atoms with Gasteiger partial charge in [-0.15, -0.1) is 0 Å². The van der Waals surface area contributed by atoms with Gasteiger partial charge in [0, 0.05) is 49.0 Å². The third kappa shape index (κ3) is 4.62. The number of ether oxygens (including phenoxy) is 1. The number of carbonyl (C=O) groups excluding carboxylic acids is 1. The van der Waals surface area contributed by atoms with E-state index in [4.69, 9.17) is 4.74 Å². The van der Waals surface area contributed by atoms with Crippen molar-refractivity contribution in [3.8, 4) is 16.9 Å². The van der Waals surface area contributed by atoms with Crippen LogP contribution in [0.3, 0.4) is 0 Å². The minimum absolute atomic E-state index is 0.114. The van der Waals surface area contributed by atoms with Crippen molar-refractivity contribution in [1.29, 1.82) is 0 Å². The maximum absolute atomic E-state index is 14.9. The lowest BCUT2D eigenvalue weighted by atomic mass is 9.84. The molecule has 3 aromatic rings. The summed E-state index contributed by atoms with van der Waals surface area (Å²) in [6, 6.07) is 14.9. The minimum atomic E-state index is -0.301. The van der Waals surface area contributed by atoms with Crippen molar-refractivity contribution in [2.24, 2.45) is 5.92 Å². The van der Waals surface area contributed by atoms with E-state index < -0.39 is 0 Å². The molecule has 0 N–H and O–H groups in total. The number of likely N-dealkylation sites (tertiary alicyclic amines) is 1. The molecule has 2 fully saturated rings. The van der Waals surface area contributed by atoms with E-state index in [-0.39, 0.29) is 17.8 Å². The largest absolute Gasteiger partial charge is 0.490 e. The Balaban J connectivity index is 0.00000119. The summed E-state index contributed by atoms with van der Waals surface area (Å²) in [6.07, 6.45) is 6.72. The van der Waals surface area contributed by atoms with Gasteiger partial charge in [-0.3, -0.25) is 9.78 Å². The predicted molar refractivity (Wildman–Crippen MR) is 126 cm³/mol. The van der Waals surface area contributed by atoms with E-state index in [1.54, 1.807) is 18.3 Å². The number of hydrogen-bond donors (Lipinski definition) is 0. The van der Waals surface area contributed by atoms with Crippen LogP contribution < -0.4 is 4.74 Å². The summed E-state index contributed by atoms with van der Waals surface area (Å²) >= 11 is 0. The first-order valence-corrected chi connectivity index (χ1v) is 11.8. The first kappa shape index (κ1) is 22.3. The molecule has 1 aliphatic heterocycles. The minimum Gasteiger partial charge on any atom is -0.490 e. The summed E-state index contributed by atoms with van der Waals surface area (Å²) in [5.41, 5.74) is 1.72. The van der Waals surface area contributed by atoms with Crippen molar-refractivity contribution >= 4 is 16.8 Å². The second-order valence-electron chi connectivity index (χ2n) is 8.30. The van der Waals surface area contributed by atoms with Crippen molar-refractivity contribution in [2.75, 3.05) is 13.1 Å². The maximum Gasteiger partial charge on any atom is 0.225 e. The number of pyridine rings is 1. The second kappa shape index (κ2) is 10.1. The molecule has 1 saturated heterocycles. The van der Waals surface area contributed by atoms with Gasteiger partial charge in [0.15, 0.2) is 5.82 Å². The van der Waals surface area contributed by atoms with Crippen LogP contribution in [0.25, 0.3) is 22.0 Å². The first-order chi connectivity index (χ1) is 15.7. The highest BCUT2D eigenvalue weighted by Crippen LogP contribution is 2.31. The van der Waals surface area contributed by atoms with Crippen LogP contribution in [0.4, 0.5) is 4.39 Å². The summed E-state index contributed by atoms with van der Waals surface area (Å²) in [4.78, 5) is 18.6. The standard InChI is InChI=1S/C25H25FN2O2.C2H6/c26-23-22(11-8-18-5-2-14-27-24(18)23)17-6-9-20(10-7-17)30-21-12-15-28(16-13-21)25(29)19-3-1-4-19;1-2/h2,5-11,14,19,21H,1,3-4,12-13,15-16H2;1-2H3. The van der Waals surface area contributed by atoms with Crippen LogP contribution in [0.2, 0.25) is 0 Å². The Hall–Kier alpha value is -2.95. The van der Waals surface area contributed by atoms with Crippen molar-refractivity contribution in [2.45, 2.75) is 52.1 Å². The molecule has 0 atom stereocenters. The molecule has 5 rings (SSSR count). The number of benzene rings is 2. The summed E-state index contributed by atoms with van der Waals surface area (Å²) in [5, 5.41) is 0.792. The molecule has 0 spiro atoms. The SMILES string of the molecule is CC.O=C(C1CCC1)N1CCC(Oc2ccc(-c3ccc4cccnc4c3F)cc2)CC1. The van der Waals surface area contributed by atoms with Gasteiger partial charge in [-0.1, -0.05) is 50.6 Å². The van der Waals surface area contributed by atoms with Crippen LogP contribution >= 0.6 is 0 Å². The number of hydrogen-bond acceptors (Lipinski definition) is 3. The lowest BCUT2D eigenvalue weighted by Crippen LogP contribution is -2.45. The molecule has 2 aliphatic rings. The third-order valence-corrected chi connectivity index (χ3v) is 6.39. The number of fused-ring (bicyclic) bond motifs is 1. The van der Waals surface area contributed by atoms with Gasteiger partial charge >= 0.3 is 0 Å². The highest BCUT2D eigenvalue weighted by Gasteiger charge is 2.32. The Morgan fingerprint density at radius 1 is 1.00 bits per heavy atom. The van der Waals surface area contributed by atoms with Gasteiger partial charge < -0.3 is 9.64 Å². The Morgan fingerprint density at radius 3 is 2.38 bits per heavy atom. The quantitative estimate of drug-likeness (QED) is 0.488. The van der Waals surface area contributed by atoms with E-state index >= 15 is 0 Å². The predicted octanol–water partition coefficient (Wildman–Crippen LogP) is 6.24. The molecule has 5 heteroatoms. The smallest absolute Gasteiger partial charge is 0.225 e. The molecule has 168 valence electrons. The fourth-order valence-corrected chi connectivity index (χ4v) is 4.35. The number of carbonyl (C=O) groups is 1. The molecule has 2 aromatic carbocycles. The van der Waals surface area contributed by atoms with Crippen molar-refractivity contribution in [3.05, 3.63) is 60.5 Å². The average Bonchev–Trinajstić information content (AvgIpc) is 2.81. The summed E-state index contributed by atoms with van der Waals surface area (Å²) in [7, 11) is 0. The first-order valence-electron chi connectivity index (χ1n) is 11.8. The van der Waals surface area contributed by atoms with Crippen molar-refractivity contribution < 1.29 is 13.9 Å². The molecule has 4 nitrogen and oxygen atoms in total. The lowest BCUT2D eigenvalue weighted by Gasteiger charge is -2.36. The molecular weight excluding hydrogens is 403 g/mol. The van der Waals surface area contributed by atoms with Gasteiger partial charge in [0.25, 0.3) is 0 Å². The maximum atomic E-state index is 14.9. The molecule has 2 heterocycles. The van der Waals surface area contributed by atoms with Crippen LogP contribution in [0.1, 0.15) is 46.0 Å². The fraction of sp³-hybridized carbons (Fsp3) is 0.407. The zero-order chi connectivity index (χ0) is 22.5. The number of rotatable bonds is 4. The molecule has 1 saturated carbocycles.